The van der Waals surface area contributed by atoms with E-state index < -0.39 is 5.97 Å². The van der Waals surface area contributed by atoms with E-state index >= 15 is 0 Å². The van der Waals surface area contributed by atoms with Gasteiger partial charge >= 0.3 is 11.9 Å². The summed E-state index contributed by atoms with van der Waals surface area (Å²) >= 11 is 0. The van der Waals surface area contributed by atoms with Crippen molar-refractivity contribution >= 4 is 11.9 Å². The van der Waals surface area contributed by atoms with Crippen molar-refractivity contribution in [3.63, 3.8) is 0 Å². The van der Waals surface area contributed by atoms with Gasteiger partial charge < -0.3 is 14.2 Å². The molecule has 1 aliphatic rings. The first kappa shape index (κ1) is 25.8. The summed E-state index contributed by atoms with van der Waals surface area (Å²) in [5, 5.41) is 0. The van der Waals surface area contributed by atoms with Crippen LogP contribution in [0, 0.1) is 0 Å². The van der Waals surface area contributed by atoms with Crippen LogP contribution in [0.2, 0.25) is 0 Å². The molecule has 5 nitrogen and oxygen atoms in total. The summed E-state index contributed by atoms with van der Waals surface area (Å²) in [6, 6.07) is 10.5. The van der Waals surface area contributed by atoms with E-state index in [4.69, 9.17) is 14.2 Å². The number of carbonyl (C=O) groups is 2. The second-order valence-electron chi connectivity index (χ2n) is 10.4. The van der Waals surface area contributed by atoms with Gasteiger partial charge in [-0.15, -0.1) is 0 Å². The van der Waals surface area contributed by atoms with Gasteiger partial charge in [0.1, 0.15) is 17.1 Å². The molecule has 1 heterocycles. The Kier molecular flexibility index (Phi) is 8.06. The third kappa shape index (κ3) is 6.19. The summed E-state index contributed by atoms with van der Waals surface area (Å²) in [5.41, 5.74) is 2.60. The van der Waals surface area contributed by atoms with Crippen LogP contribution in [0.4, 0.5) is 0 Å². The number of unbranched alkanes of at least 4 members (excludes halogenated alkanes) is 2. The Morgan fingerprint density at radius 1 is 0.941 bits per heavy atom. The van der Waals surface area contributed by atoms with Crippen LogP contribution >= 0.6 is 0 Å². The molecule has 0 bridgehead atoms. The largest absolute Gasteiger partial charge is 0.488 e. The maximum Gasteiger partial charge on any atom is 0.343 e. The smallest absolute Gasteiger partial charge is 0.343 e. The van der Waals surface area contributed by atoms with Crippen LogP contribution in [0.15, 0.2) is 36.4 Å². The molecule has 34 heavy (non-hydrogen) atoms. The van der Waals surface area contributed by atoms with Crippen LogP contribution < -0.4 is 9.47 Å². The molecule has 0 radical (unpaired) electrons. The summed E-state index contributed by atoms with van der Waals surface area (Å²) in [5.74, 6) is 0.485. The van der Waals surface area contributed by atoms with Gasteiger partial charge in [-0.3, -0.25) is 0 Å². The molecule has 0 fully saturated rings. The summed E-state index contributed by atoms with van der Waals surface area (Å²) in [6.07, 6.45) is 5.61. The molecule has 0 amide bonds. The fourth-order valence-electron chi connectivity index (χ4n) is 4.79. The van der Waals surface area contributed by atoms with E-state index in [-0.39, 0.29) is 17.0 Å². The van der Waals surface area contributed by atoms with E-state index in [1.54, 1.807) is 24.3 Å². The second-order valence-corrected chi connectivity index (χ2v) is 10.4. The lowest BCUT2D eigenvalue weighted by atomic mass is 9.73. The van der Waals surface area contributed by atoms with Crippen LogP contribution in [-0.2, 0) is 16.6 Å². The van der Waals surface area contributed by atoms with Gasteiger partial charge in [-0.2, -0.15) is 0 Å². The number of rotatable bonds is 9. The van der Waals surface area contributed by atoms with E-state index in [1.807, 2.05) is 19.1 Å². The van der Waals surface area contributed by atoms with Gasteiger partial charge in [-0.1, -0.05) is 40.5 Å². The van der Waals surface area contributed by atoms with Crippen molar-refractivity contribution in [1.82, 2.24) is 0 Å². The minimum absolute atomic E-state index is 0.130. The predicted molar refractivity (Wildman–Crippen MR) is 134 cm³/mol. The third-order valence-electron chi connectivity index (χ3n) is 6.20. The zero-order valence-electron chi connectivity index (χ0n) is 21.5. The van der Waals surface area contributed by atoms with Crippen molar-refractivity contribution in [3.8, 4) is 11.5 Å². The van der Waals surface area contributed by atoms with E-state index in [1.165, 1.54) is 0 Å². The summed E-state index contributed by atoms with van der Waals surface area (Å²) in [6.45, 7) is 13.1. The Balaban J connectivity index is 1.88. The Labute approximate surface area is 203 Å². The average molecular weight is 467 g/mol. The van der Waals surface area contributed by atoms with Gasteiger partial charge in [0.15, 0.2) is 0 Å². The van der Waals surface area contributed by atoms with Gasteiger partial charge in [0.05, 0.1) is 17.7 Å². The summed E-state index contributed by atoms with van der Waals surface area (Å²) in [7, 11) is 0. The molecule has 0 spiro atoms. The van der Waals surface area contributed by atoms with Gasteiger partial charge in [-0.25, -0.2) is 9.59 Å². The number of hydrogen-bond acceptors (Lipinski definition) is 5. The van der Waals surface area contributed by atoms with E-state index in [9.17, 15) is 9.59 Å². The number of hydrogen-bond donors (Lipinski definition) is 0. The van der Waals surface area contributed by atoms with Crippen LogP contribution in [0.1, 0.15) is 105 Å². The maximum absolute atomic E-state index is 13.3. The first-order valence-electron chi connectivity index (χ1n) is 12.4. The van der Waals surface area contributed by atoms with Crippen LogP contribution in [0.3, 0.4) is 0 Å². The first-order valence-corrected chi connectivity index (χ1v) is 12.4. The van der Waals surface area contributed by atoms with Crippen molar-refractivity contribution in [3.05, 3.63) is 58.7 Å². The highest BCUT2D eigenvalue weighted by atomic mass is 16.5. The fraction of sp³-hybridized carbons (Fsp3) is 0.517. The molecule has 0 saturated heterocycles. The molecule has 3 rings (SSSR count). The SMILES string of the molecule is CCCCCc1cc2c(cc1C(=O)Oc1ccc(C(=O)OCCC)cc1)C(C)(C)CC(C)(C)O2. The molecular weight excluding hydrogens is 428 g/mol. The first-order chi connectivity index (χ1) is 16.1. The molecule has 0 N–H and O–H groups in total. The number of esters is 2. The van der Waals surface area contributed by atoms with Crippen molar-refractivity contribution in [2.45, 2.75) is 91.1 Å². The molecule has 1 aliphatic heterocycles. The molecule has 2 aromatic carbocycles. The van der Waals surface area contributed by atoms with Crippen LogP contribution in [0.5, 0.6) is 11.5 Å². The molecule has 184 valence electrons. The molecular formula is C29H38O5. The Hall–Kier alpha value is -2.82. The monoisotopic (exact) mass is 466 g/mol. The highest BCUT2D eigenvalue weighted by Crippen LogP contribution is 2.46. The Morgan fingerprint density at radius 2 is 1.65 bits per heavy atom. The summed E-state index contributed by atoms with van der Waals surface area (Å²) < 4.78 is 17.2. The van der Waals surface area contributed by atoms with Gasteiger partial charge in [-0.05, 0) is 86.9 Å². The summed E-state index contributed by atoms with van der Waals surface area (Å²) in [4.78, 5) is 25.3. The quantitative estimate of drug-likeness (QED) is 0.225. The minimum atomic E-state index is -0.392. The standard InChI is InChI=1S/C29H38O5/c1-7-9-10-11-21-17-25-24(28(3,4)19-29(5,6)34-25)18-23(21)27(31)33-22-14-12-20(13-15-22)26(30)32-16-8-2/h12-15,17-18H,7-11,16,19H2,1-6H3. The zero-order valence-corrected chi connectivity index (χ0v) is 21.5. The lowest BCUT2D eigenvalue weighted by Crippen LogP contribution is -2.41. The number of ether oxygens (including phenoxy) is 3. The Morgan fingerprint density at radius 3 is 2.29 bits per heavy atom. The maximum atomic E-state index is 13.3. The third-order valence-corrected chi connectivity index (χ3v) is 6.20. The number of aryl methyl sites for hydroxylation is 1. The molecule has 0 atom stereocenters. The van der Waals surface area contributed by atoms with Crippen molar-refractivity contribution in [2.75, 3.05) is 6.61 Å². The molecule has 0 saturated carbocycles. The normalized spacial score (nSPS) is 15.7. The van der Waals surface area contributed by atoms with Crippen molar-refractivity contribution in [2.24, 2.45) is 0 Å². The average Bonchev–Trinajstić information content (AvgIpc) is 2.76. The van der Waals surface area contributed by atoms with Crippen LogP contribution in [-0.4, -0.2) is 24.1 Å². The number of benzene rings is 2. The molecule has 0 unspecified atom stereocenters. The van der Waals surface area contributed by atoms with E-state index in [0.717, 1.165) is 55.4 Å². The number of carbonyl (C=O) groups excluding carboxylic acids is 2. The second kappa shape index (κ2) is 10.6. The molecule has 2 aromatic rings. The van der Waals surface area contributed by atoms with Gasteiger partial charge in [0.25, 0.3) is 0 Å². The predicted octanol–water partition coefficient (Wildman–Crippen LogP) is 7.04. The minimum Gasteiger partial charge on any atom is -0.488 e. The topological polar surface area (TPSA) is 61.8 Å². The lowest BCUT2D eigenvalue weighted by Gasteiger charge is -2.42. The molecule has 0 aliphatic carbocycles. The highest BCUT2D eigenvalue weighted by Gasteiger charge is 2.40. The van der Waals surface area contributed by atoms with E-state index in [2.05, 4.69) is 34.6 Å². The Bertz CT molecular complexity index is 1020. The van der Waals surface area contributed by atoms with Gasteiger partial charge in [0.2, 0.25) is 0 Å². The van der Waals surface area contributed by atoms with Crippen molar-refractivity contribution < 1.29 is 23.8 Å². The van der Waals surface area contributed by atoms with Gasteiger partial charge in [0, 0.05) is 5.56 Å². The van der Waals surface area contributed by atoms with E-state index in [0.29, 0.717) is 23.5 Å². The molecule has 5 heteroatoms. The van der Waals surface area contributed by atoms with Crippen molar-refractivity contribution in [1.29, 1.82) is 0 Å². The van der Waals surface area contributed by atoms with Crippen LogP contribution in [0.25, 0.3) is 0 Å². The molecule has 0 aromatic heterocycles. The fourth-order valence-corrected chi connectivity index (χ4v) is 4.79. The lowest BCUT2D eigenvalue weighted by molar-refractivity contribution is 0.0503. The highest BCUT2D eigenvalue weighted by molar-refractivity contribution is 5.94. The zero-order chi connectivity index (χ0) is 24.9. The number of fused-ring (bicyclic) bond motifs is 1.